The maximum atomic E-state index is 13.6. The van der Waals surface area contributed by atoms with Crippen molar-refractivity contribution < 1.29 is 9.13 Å². The summed E-state index contributed by atoms with van der Waals surface area (Å²) in [6, 6.07) is 9.07. The van der Waals surface area contributed by atoms with Gasteiger partial charge in [0.15, 0.2) is 0 Å². The van der Waals surface area contributed by atoms with Gasteiger partial charge in [0.2, 0.25) is 0 Å². The molecule has 2 aromatic rings. The lowest BCUT2D eigenvalue weighted by molar-refractivity contribution is -0.176. The molecule has 2 unspecified atom stereocenters. The molecule has 2 saturated heterocycles. The van der Waals surface area contributed by atoms with Gasteiger partial charge in [0.25, 0.3) is 0 Å². The van der Waals surface area contributed by atoms with E-state index in [-0.39, 0.29) is 17.0 Å². The summed E-state index contributed by atoms with van der Waals surface area (Å²) in [6.45, 7) is 11.3. The molecule has 33 heavy (non-hydrogen) atoms. The van der Waals surface area contributed by atoms with Crippen molar-refractivity contribution in [2.45, 2.75) is 76.7 Å². The maximum Gasteiger partial charge on any atom is 0.148 e. The second kappa shape index (κ2) is 8.47. The highest BCUT2D eigenvalue weighted by atomic mass is 35.5. The van der Waals surface area contributed by atoms with Crippen LogP contribution in [-0.2, 0) is 4.74 Å². The minimum absolute atomic E-state index is 0.0607. The monoisotopic (exact) mass is 472 g/mol. The number of likely N-dealkylation sites (tertiary alicyclic amines) is 1. The van der Waals surface area contributed by atoms with Gasteiger partial charge in [-0.2, -0.15) is 0 Å². The van der Waals surface area contributed by atoms with Crippen LogP contribution in [-0.4, -0.2) is 51.5 Å². The predicted octanol–water partition coefficient (Wildman–Crippen LogP) is 5.79. The molecule has 3 atom stereocenters. The predicted molar refractivity (Wildman–Crippen MR) is 130 cm³/mol. The van der Waals surface area contributed by atoms with E-state index >= 15 is 0 Å². The van der Waals surface area contributed by atoms with Crippen molar-refractivity contribution in [3.05, 3.63) is 41.2 Å². The number of fused-ring (bicyclic) bond motifs is 1. The van der Waals surface area contributed by atoms with Crippen LogP contribution in [0.4, 0.5) is 10.2 Å². The van der Waals surface area contributed by atoms with E-state index in [0.717, 1.165) is 43.3 Å². The first-order chi connectivity index (χ1) is 15.6. The van der Waals surface area contributed by atoms with Gasteiger partial charge in [0, 0.05) is 30.7 Å². The van der Waals surface area contributed by atoms with Crippen LogP contribution < -0.4 is 5.32 Å². The molecule has 3 fully saturated rings. The minimum Gasteiger partial charge on any atom is -0.370 e. The Morgan fingerprint density at radius 3 is 2.27 bits per heavy atom. The number of ether oxygens (including phenoxy) is 1. The number of anilines is 1. The lowest BCUT2D eigenvalue weighted by Crippen LogP contribution is -2.52. The van der Waals surface area contributed by atoms with Gasteiger partial charge in [-0.3, -0.25) is 4.90 Å². The molecule has 1 saturated carbocycles. The van der Waals surface area contributed by atoms with Crippen LogP contribution >= 0.6 is 11.6 Å². The zero-order chi connectivity index (χ0) is 23.4. The number of nitrogens with one attached hydrogen (secondary N) is 1. The van der Waals surface area contributed by atoms with Gasteiger partial charge in [-0.15, -0.1) is 10.2 Å². The van der Waals surface area contributed by atoms with E-state index < -0.39 is 0 Å². The first-order valence-electron chi connectivity index (χ1n) is 12.1. The Kier molecular flexibility index (Phi) is 5.91. The molecule has 2 aliphatic heterocycles. The highest BCUT2D eigenvalue weighted by molar-refractivity contribution is 6.33. The Balaban J connectivity index is 1.18. The summed E-state index contributed by atoms with van der Waals surface area (Å²) in [5, 5.41) is 12.7. The summed E-state index contributed by atoms with van der Waals surface area (Å²) in [6.07, 6.45) is 4.54. The average molecular weight is 473 g/mol. The molecule has 3 aliphatic rings. The van der Waals surface area contributed by atoms with Crippen molar-refractivity contribution in [1.82, 2.24) is 15.1 Å². The number of hydrogen-bond acceptors (Lipinski definition) is 5. The quantitative estimate of drug-likeness (QED) is 0.609. The molecular formula is C26H34ClFN4O. The fourth-order valence-electron chi connectivity index (χ4n) is 6.50. The van der Waals surface area contributed by atoms with Gasteiger partial charge in [-0.25, -0.2) is 4.39 Å². The Hall–Kier alpha value is -1.76. The van der Waals surface area contributed by atoms with Crippen LogP contribution in [0, 0.1) is 17.7 Å². The molecule has 178 valence electrons. The first-order valence-corrected chi connectivity index (χ1v) is 12.4. The van der Waals surface area contributed by atoms with Crippen molar-refractivity contribution in [2.24, 2.45) is 11.8 Å². The Morgan fingerprint density at radius 2 is 1.67 bits per heavy atom. The lowest BCUT2D eigenvalue weighted by atomic mass is 9.84. The normalized spacial score (nSPS) is 29.2. The molecule has 0 radical (unpaired) electrons. The van der Waals surface area contributed by atoms with Crippen molar-refractivity contribution in [2.75, 3.05) is 18.4 Å². The Labute approximate surface area is 201 Å². The van der Waals surface area contributed by atoms with Crippen LogP contribution in [0.5, 0.6) is 0 Å². The summed E-state index contributed by atoms with van der Waals surface area (Å²) in [7, 11) is 0. The molecule has 1 aliphatic carbocycles. The van der Waals surface area contributed by atoms with Crippen molar-refractivity contribution in [1.29, 1.82) is 0 Å². The van der Waals surface area contributed by atoms with E-state index in [0.29, 0.717) is 28.4 Å². The summed E-state index contributed by atoms with van der Waals surface area (Å²) >= 11 is 6.20. The smallest absolute Gasteiger partial charge is 0.148 e. The van der Waals surface area contributed by atoms with Crippen molar-refractivity contribution >= 4 is 17.4 Å². The standard InChI is InChI=1S/C26H34ClFN4O/c1-25(2)12-20(13-26(3,4)33-25)32-14-16-9-19(10-17(16)15-32)29-24-8-7-23(30-31-24)21-11-18(28)5-6-22(21)27/h5-8,11,16-17,19-20H,9-10,12-15H2,1-4H3,(H,29,31)/t16-,17?,19?/m1/s1. The molecule has 0 amide bonds. The zero-order valence-electron chi connectivity index (χ0n) is 19.9. The maximum absolute atomic E-state index is 13.6. The molecule has 1 N–H and O–H groups in total. The third-order valence-corrected chi connectivity index (χ3v) is 7.85. The average Bonchev–Trinajstić information content (AvgIpc) is 3.27. The zero-order valence-corrected chi connectivity index (χ0v) is 20.7. The summed E-state index contributed by atoms with van der Waals surface area (Å²) in [5.74, 6) is 1.89. The van der Waals surface area contributed by atoms with E-state index in [1.165, 1.54) is 25.2 Å². The van der Waals surface area contributed by atoms with E-state index in [2.05, 4.69) is 48.1 Å². The Bertz CT molecular complexity index is 982. The molecule has 0 bridgehead atoms. The molecular weight excluding hydrogens is 439 g/mol. The number of hydrogen-bond donors (Lipinski definition) is 1. The molecule has 5 nitrogen and oxygen atoms in total. The molecule has 1 aromatic heterocycles. The number of aromatic nitrogens is 2. The van der Waals surface area contributed by atoms with Gasteiger partial charge < -0.3 is 10.1 Å². The molecule has 3 heterocycles. The van der Waals surface area contributed by atoms with E-state index in [1.54, 1.807) is 6.07 Å². The van der Waals surface area contributed by atoms with Crippen LogP contribution in [0.25, 0.3) is 11.3 Å². The van der Waals surface area contributed by atoms with Crippen LogP contribution in [0.15, 0.2) is 30.3 Å². The summed E-state index contributed by atoms with van der Waals surface area (Å²) in [4.78, 5) is 2.73. The number of rotatable bonds is 4. The molecule has 0 spiro atoms. The van der Waals surface area contributed by atoms with Crippen LogP contribution in [0.1, 0.15) is 53.4 Å². The van der Waals surface area contributed by atoms with Crippen molar-refractivity contribution in [3.63, 3.8) is 0 Å². The lowest BCUT2D eigenvalue weighted by Gasteiger charge is -2.48. The highest BCUT2D eigenvalue weighted by Gasteiger charge is 2.47. The van der Waals surface area contributed by atoms with Crippen LogP contribution in [0.2, 0.25) is 5.02 Å². The fraction of sp³-hybridized carbons (Fsp3) is 0.615. The second-order valence-corrected chi connectivity index (χ2v) is 11.8. The van der Waals surface area contributed by atoms with E-state index in [4.69, 9.17) is 16.3 Å². The van der Waals surface area contributed by atoms with Crippen molar-refractivity contribution in [3.8, 4) is 11.3 Å². The topological polar surface area (TPSA) is 50.3 Å². The summed E-state index contributed by atoms with van der Waals surface area (Å²) < 4.78 is 19.9. The molecule has 7 heteroatoms. The number of nitrogens with zero attached hydrogens (tertiary/aromatic N) is 3. The van der Waals surface area contributed by atoms with Gasteiger partial charge >= 0.3 is 0 Å². The SMILES string of the molecule is CC1(C)CC(N2CC3CC(Nc4ccc(-c5cc(F)ccc5Cl)nn4)C[C@@H]3C2)CC(C)(C)O1. The second-order valence-electron chi connectivity index (χ2n) is 11.4. The number of benzene rings is 1. The fourth-order valence-corrected chi connectivity index (χ4v) is 6.72. The minimum atomic E-state index is -0.335. The highest BCUT2D eigenvalue weighted by Crippen LogP contribution is 2.44. The molecule has 1 aromatic carbocycles. The van der Waals surface area contributed by atoms with Gasteiger partial charge in [-0.05, 0) is 95.5 Å². The van der Waals surface area contributed by atoms with Gasteiger partial charge in [-0.1, -0.05) is 11.6 Å². The van der Waals surface area contributed by atoms with E-state index in [9.17, 15) is 4.39 Å². The Morgan fingerprint density at radius 1 is 1.00 bits per heavy atom. The third kappa shape index (κ3) is 5.03. The van der Waals surface area contributed by atoms with E-state index in [1.807, 2.05) is 12.1 Å². The summed E-state index contributed by atoms with van der Waals surface area (Å²) in [5.41, 5.74) is 1.01. The largest absolute Gasteiger partial charge is 0.370 e. The molecule has 5 rings (SSSR count). The third-order valence-electron chi connectivity index (χ3n) is 7.52. The van der Waals surface area contributed by atoms with Gasteiger partial charge in [0.1, 0.15) is 11.6 Å². The number of halogens is 2. The van der Waals surface area contributed by atoms with Gasteiger partial charge in [0.05, 0.1) is 21.9 Å². The first kappa shape index (κ1) is 23.0. The van der Waals surface area contributed by atoms with Crippen LogP contribution in [0.3, 0.4) is 0 Å².